The van der Waals surface area contributed by atoms with Gasteiger partial charge in [-0.1, -0.05) is 48.5 Å². The van der Waals surface area contributed by atoms with E-state index in [4.69, 9.17) is 0 Å². The first-order chi connectivity index (χ1) is 19.5. The maximum atomic E-state index is 13.1. The number of amides is 1. The van der Waals surface area contributed by atoms with Gasteiger partial charge in [0.25, 0.3) is 5.91 Å². The van der Waals surface area contributed by atoms with E-state index >= 15 is 0 Å². The molecule has 5 aromatic rings. The van der Waals surface area contributed by atoms with Crippen LogP contribution in [0.2, 0.25) is 0 Å². The number of hydrogen-bond donors (Lipinski definition) is 3. The first-order valence-electron chi connectivity index (χ1n) is 12.3. The molecule has 0 fully saturated rings. The highest BCUT2D eigenvalue weighted by atomic mass is 16.3. The topological polar surface area (TPSA) is 133 Å². The van der Waals surface area contributed by atoms with Gasteiger partial charge in [-0.3, -0.25) is 9.79 Å². The Balaban J connectivity index is 1.50. The van der Waals surface area contributed by atoms with Crippen LogP contribution in [0.3, 0.4) is 0 Å². The molecule has 0 saturated heterocycles. The number of phenols is 1. The molecule has 0 atom stereocenters. The zero-order chi connectivity index (χ0) is 28.1. The van der Waals surface area contributed by atoms with Crippen molar-refractivity contribution in [1.29, 1.82) is 0 Å². The SMILES string of the molecule is Cc1ccc(Nc2ccc(N=O)cc2N=O)cc1/N=C\c1c(O)c(C(=O)Nc2ccccc2)cc2ccccc12. The standard InChI is InChI=1S/C31H23N5O4/c1-19-11-12-22(33-27-14-13-23(35-39)17-29(27)36-40)16-28(19)32-18-26-24-10-6-5-7-20(24)15-25(30(26)37)31(38)34-21-8-3-2-4-9-21/h2-18,33,37H,1H3,(H,34,38)/b32-18-. The predicted molar refractivity (Wildman–Crippen MR) is 159 cm³/mol. The van der Waals surface area contributed by atoms with Crippen molar-refractivity contribution in [1.82, 2.24) is 0 Å². The zero-order valence-corrected chi connectivity index (χ0v) is 21.3. The Kier molecular flexibility index (Phi) is 7.36. The third-order valence-electron chi connectivity index (χ3n) is 6.34. The van der Waals surface area contributed by atoms with E-state index in [9.17, 15) is 19.7 Å². The average molecular weight is 530 g/mol. The highest BCUT2D eigenvalue weighted by Gasteiger charge is 2.18. The lowest BCUT2D eigenvalue weighted by Gasteiger charge is -2.12. The van der Waals surface area contributed by atoms with E-state index in [1.165, 1.54) is 18.3 Å². The van der Waals surface area contributed by atoms with E-state index in [-0.39, 0.29) is 22.7 Å². The second-order valence-electron chi connectivity index (χ2n) is 9.00. The summed E-state index contributed by atoms with van der Waals surface area (Å²) in [6, 6.07) is 27.9. The van der Waals surface area contributed by atoms with Crippen LogP contribution in [-0.4, -0.2) is 17.2 Å². The second kappa shape index (κ2) is 11.4. The maximum absolute atomic E-state index is 13.1. The smallest absolute Gasteiger partial charge is 0.259 e. The molecule has 40 heavy (non-hydrogen) atoms. The number of aryl methyl sites for hydroxylation is 1. The van der Waals surface area contributed by atoms with Crippen LogP contribution >= 0.6 is 0 Å². The summed E-state index contributed by atoms with van der Waals surface area (Å²) in [7, 11) is 0. The summed E-state index contributed by atoms with van der Waals surface area (Å²) >= 11 is 0. The van der Waals surface area contributed by atoms with E-state index in [1.54, 1.807) is 30.3 Å². The Morgan fingerprint density at radius 2 is 1.57 bits per heavy atom. The Hall–Kier alpha value is -5.70. The molecule has 0 aliphatic heterocycles. The van der Waals surface area contributed by atoms with E-state index in [1.807, 2.05) is 61.5 Å². The van der Waals surface area contributed by atoms with Crippen molar-refractivity contribution >= 4 is 57.0 Å². The van der Waals surface area contributed by atoms with Crippen LogP contribution in [0.1, 0.15) is 21.5 Å². The van der Waals surface area contributed by atoms with Gasteiger partial charge in [0, 0.05) is 23.2 Å². The average Bonchev–Trinajstić information content (AvgIpc) is 2.98. The van der Waals surface area contributed by atoms with Crippen molar-refractivity contribution in [3.8, 4) is 5.75 Å². The number of rotatable bonds is 8. The number of carbonyl (C=O) groups excluding carboxylic acids is 1. The first kappa shape index (κ1) is 25.9. The van der Waals surface area contributed by atoms with Gasteiger partial charge in [-0.05, 0) is 82.1 Å². The zero-order valence-electron chi connectivity index (χ0n) is 21.3. The molecule has 9 nitrogen and oxygen atoms in total. The second-order valence-corrected chi connectivity index (χ2v) is 9.00. The molecule has 0 aliphatic rings. The van der Waals surface area contributed by atoms with Gasteiger partial charge in [0.2, 0.25) is 0 Å². The van der Waals surface area contributed by atoms with Gasteiger partial charge in [0.05, 0.1) is 16.9 Å². The van der Waals surface area contributed by atoms with Crippen LogP contribution in [0.25, 0.3) is 10.8 Å². The molecule has 3 N–H and O–H groups in total. The minimum Gasteiger partial charge on any atom is -0.506 e. The normalized spacial score (nSPS) is 10.9. The highest BCUT2D eigenvalue weighted by molar-refractivity contribution is 6.13. The number of nitroso groups, excluding NO2 is 2. The largest absolute Gasteiger partial charge is 0.506 e. The summed E-state index contributed by atoms with van der Waals surface area (Å²) in [5.41, 5.74) is 3.77. The Morgan fingerprint density at radius 1 is 0.800 bits per heavy atom. The molecule has 196 valence electrons. The van der Waals surface area contributed by atoms with Gasteiger partial charge in [0.15, 0.2) is 0 Å². The molecule has 9 heteroatoms. The molecular formula is C31H23N5O4. The molecular weight excluding hydrogens is 506 g/mol. The summed E-state index contributed by atoms with van der Waals surface area (Å²) < 4.78 is 0. The number of phenolic OH excluding ortho intramolecular Hbond substituents is 1. The number of aromatic hydroxyl groups is 1. The maximum Gasteiger partial charge on any atom is 0.259 e. The number of nitrogens with zero attached hydrogens (tertiary/aromatic N) is 3. The third kappa shape index (κ3) is 5.44. The molecule has 1 amide bonds. The number of anilines is 3. The molecule has 0 saturated carbocycles. The van der Waals surface area contributed by atoms with Crippen molar-refractivity contribution in [2.75, 3.05) is 10.6 Å². The van der Waals surface area contributed by atoms with Crippen LogP contribution < -0.4 is 10.6 Å². The highest BCUT2D eigenvalue weighted by Crippen LogP contribution is 2.35. The summed E-state index contributed by atoms with van der Waals surface area (Å²) in [6.07, 6.45) is 1.53. The molecule has 0 heterocycles. The summed E-state index contributed by atoms with van der Waals surface area (Å²) in [6.45, 7) is 1.89. The molecule has 5 rings (SSSR count). The third-order valence-corrected chi connectivity index (χ3v) is 6.34. The molecule has 0 aromatic heterocycles. The van der Waals surface area contributed by atoms with Crippen molar-refractivity contribution in [3.05, 3.63) is 124 Å². The lowest BCUT2D eigenvalue weighted by atomic mass is 9.99. The van der Waals surface area contributed by atoms with Gasteiger partial charge in [-0.25, -0.2) is 0 Å². The molecule has 0 radical (unpaired) electrons. The van der Waals surface area contributed by atoms with Crippen LogP contribution in [0.4, 0.5) is 34.1 Å². The number of nitrogens with one attached hydrogen (secondary N) is 2. The lowest BCUT2D eigenvalue weighted by Crippen LogP contribution is -2.12. The first-order valence-corrected chi connectivity index (χ1v) is 12.3. The number of benzene rings is 5. The lowest BCUT2D eigenvalue weighted by molar-refractivity contribution is 0.102. The van der Waals surface area contributed by atoms with Gasteiger partial charge in [-0.2, -0.15) is 0 Å². The number of para-hydroxylation sites is 1. The number of carbonyl (C=O) groups is 1. The van der Waals surface area contributed by atoms with E-state index in [0.29, 0.717) is 28.3 Å². The fourth-order valence-corrected chi connectivity index (χ4v) is 4.26. The van der Waals surface area contributed by atoms with Crippen molar-refractivity contribution in [2.45, 2.75) is 6.92 Å². The van der Waals surface area contributed by atoms with Crippen molar-refractivity contribution in [3.63, 3.8) is 0 Å². The van der Waals surface area contributed by atoms with Gasteiger partial charge in [-0.15, -0.1) is 9.81 Å². The van der Waals surface area contributed by atoms with E-state index in [0.717, 1.165) is 16.3 Å². The number of aliphatic imine (C=N–C) groups is 1. The molecule has 0 spiro atoms. The Labute approximate surface area is 229 Å². The fourth-order valence-electron chi connectivity index (χ4n) is 4.26. The van der Waals surface area contributed by atoms with Crippen LogP contribution in [0, 0.1) is 16.7 Å². The van der Waals surface area contributed by atoms with Gasteiger partial charge < -0.3 is 15.7 Å². The molecule has 0 bridgehead atoms. The number of fused-ring (bicyclic) bond motifs is 1. The predicted octanol–water partition coefficient (Wildman–Crippen LogP) is 8.40. The minimum atomic E-state index is -0.443. The molecule has 0 unspecified atom stereocenters. The van der Waals surface area contributed by atoms with Crippen molar-refractivity contribution < 1.29 is 9.90 Å². The fraction of sp³-hybridized carbons (Fsp3) is 0.0323. The van der Waals surface area contributed by atoms with Crippen LogP contribution in [0.5, 0.6) is 5.75 Å². The quantitative estimate of drug-likeness (QED) is 0.137. The van der Waals surface area contributed by atoms with Gasteiger partial charge >= 0.3 is 0 Å². The molecule has 5 aromatic carbocycles. The minimum absolute atomic E-state index is 0.0460. The summed E-state index contributed by atoms with van der Waals surface area (Å²) in [5.74, 6) is -0.629. The molecule has 0 aliphatic carbocycles. The van der Waals surface area contributed by atoms with Gasteiger partial charge in [0.1, 0.15) is 17.1 Å². The van der Waals surface area contributed by atoms with Crippen molar-refractivity contribution in [2.24, 2.45) is 15.3 Å². The van der Waals surface area contributed by atoms with E-state index < -0.39 is 5.91 Å². The number of hydrogen-bond acceptors (Lipinski definition) is 8. The Bertz CT molecular complexity index is 1780. The Morgan fingerprint density at radius 3 is 2.35 bits per heavy atom. The van der Waals surface area contributed by atoms with Crippen LogP contribution in [0.15, 0.2) is 112 Å². The summed E-state index contributed by atoms with van der Waals surface area (Å²) in [4.78, 5) is 39.8. The summed E-state index contributed by atoms with van der Waals surface area (Å²) in [5, 5.41) is 24.4. The van der Waals surface area contributed by atoms with Crippen LogP contribution in [-0.2, 0) is 0 Å². The van der Waals surface area contributed by atoms with E-state index in [2.05, 4.69) is 26.0 Å². The monoisotopic (exact) mass is 529 g/mol.